The van der Waals surface area contributed by atoms with Gasteiger partial charge in [-0.3, -0.25) is 0 Å². The maximum Gasteiger partial charge on any atom is 0.0220 e. The summed E-state index contributed by atoms with van der Waals surface area (Å²) in [5.41, 5.74) is 0.692. The second kappa shape index (κ2) is 5.92. The Bertz CT molecular complexity index is 254. The third-order valence-corrected chi connectivity index (χ3v) is 5.30. The van der Waals surface area contributed by atoms with Gasteiger partial charge in [0.05, 0.1) is 0 Å². The summed E-state index contributed by atoms with van der Waals surface area (Å²) < 4.78 is 0. The number of hydrogen-bond acceptors (Lipinski definition) is 2. The van der Waals surface area contributed by atoms with Gasteiger partial charge in [0, 0.05) is 18.6 Å². The summed E-state index contributed by atoms with van der Waals surface area (Å²) >= 11 is 0. The molecule has 2 aliphatic rings. The molecule has 2 aliphatic carbocycles. The molecule has 2 rings (SSSR count). The van der Waals surface area contributed by atoms with Crippen molar-refractivity contribution in [3.63, 3.8) is 0 Å². The summed E-state index contributed by atoms with van der Waals surface area (Å²) in [7, 11) is 4.38. The summed E-state index contributed by atoms with van der Waals surface area (Å²) in [5, 5.41) is 4.00. The molecule has 1 spiro atoms. The van der Waals surface area contributed by atoms with Crippen molar-refractivity contribution in [2.75, 3.05) is 20.6 Å². The van der Waals surface area contributed by atoms with E-state index < -0.39 is 0 Å². The fraction of sp³-hybridized carbons (Fsp3) is 1.00. The SMILES string of the molecule is CC(C)C(CN(C)C)NC1CCC12CCCCC2. The van der Waals surface area contributed by atoms with Crippen LogP contribution in [0.4, 0.5) is 0 Å². The molecule has 2 nitrogen and oxygen atoms in total. The second-order valence-corrected chi connectivity index (χ2v) is 7.29. The van der Waals surface area contributed by atoms with Gasteiger partial charge in [0.1, 0.15) is 0 Å². The van der Waals surface area contributed by atoms with Gasteiger partial charge in [0.2, 0.25) is 0 Å². The first-order valence-corrected chi connectivity index (χ1v) is 7.94. The fourth-order valence-corrected chi connectivity index (χ4v) is 3.92. The zero-order chi connectivity index (χ0) is 13.2. The molecule has 2 unspecified atom stereocenters. The van der Waals surface area contributed by atoms with Crippen molar-refractivity contribution in [1.82, 2.24) is 10.2 Å². The van der Waals surface area contributed by atoms with Crippen LogP contribution in [0.25, 0.3) is 0 Å². The van der Waals surface area contributed by atoms with Gasteiger partial charge in [-0.15, -0.1) is 0 Å². The molecule has 0 bridgehead atoms. The highest BCUT2D eigenvalue weighted by Crippen LogP contribution is 2.51. The van der Waals surface area contributed by atoms with Crippen LogP contribution in [0.1, 0.15) is 58.8 Å². The zero-order valence-corrected chi connectivity index (χ0v) is 12.8. The molecule has 2 heteroatoms. The van der Waals surface area contributed by atoms with Crippen molar-refractivity contribution in [1.29, 1.82) is 0 Å². The topological polar surface area (TPSA) is 15.3 Å². The molecule has 0 amide bonds. The van der Waals surface area contributed by atoms with Gasteiger partial charge >= 0.3 is 0 Å². The first-order valence-electron chi connectivity index (χ1n) is 7.94. The molecule has 2 fully saturated rings. The van der Waals surface area contributed by atoms with Crippen LogP contribution >= 0.6 is 0 Å². The third kappa shape index (κ3) is 3.08. The summed E-state index contributed by atoms with van der Waals surface area (Å²) in [6.07, 6.45) is 10.3. The van der Waals surface area contributed by atoms with E-state index in [9.17, 15) is 0 Å². The van der Waals surface area contributed by atoms with Crippen molar-refractivity contribution in [3.8, 4) is 0 Å². The van der Waals surface area contributed by atoms with E-state index in [2.05, 4.69) is 38.2 Å². The summed E-state index contributed by atoms with van der Waals surface area (Å²) in [6, 6.07) is 1.47. The molecule has 0 heterocycles. The van der Waals surface area contributed by atoms with Gasteiger partial charge in [0.15, 0.2) is 0 Å². The Morgan fingerprint density at radius 2 is 1.78 bits per heavy atom. The van der Waals surface area contributed by atoms with E-state index in [0.717, 1.165) is 12.0 Å². The van der Waals surface area contributed by atoms with Gasteiger partial charge in [0.25, 0.3) is 0 Å². The Morgan fingerprint density at radius 3 is 2.22 bits per heavy atom. The minimum Gasteiger partial charge on any atom is -0.309 e. The largest absolute Gasteiger partial charge is 0.309 e. The lowest BCUT2D eigenvalue weighted by atomic mass is 9.57. The van der Waals surface area contributed by atoms with Gasteiger partial charge in [-0.2, -0.15) is 0 Å². The highest BCUT2D eigenvalue weighted by atomic mass is 15.1. The predicted molar refractivity (Wildman–Crippen MR) is 78.9 cm³/mol. The van der Waals surface area contributed by atoms with E-state index in [1.165, 1.54) is 51.5 Å². The molecule has 2 saturated carbocycles. The predicted octanol–water partition coefficient (Wildman–Crippen LogP) is 3.28. The van der Waals surface area contributed by atoms with Gasteiger partial charge in [-0.05, 0) is 51.1 Å². The molecule has 0 aromatic rings. The average molecular weight is 252 g/mol. The fourth-order valence-electron chi connectivity index (χ4n) is 3.92. The van der Waals surface area contributed by atoms with Crippen LogP contribution in [-0.4, -0.2) is 37.6 Å². The minimum atomic E-state index is 0.657. The van der Waals surface area contributed by atoms with E-state index in [1.807, 2.05) is 0 Å². The van der Waals surface area contributed by atoms with Crippen LogP contribution < -0.4 is 5.32 Å². The van der Waals surface area contributed by atoms with Crippen LogP contribution in [0.5, 0.6) is 0 Å². The Morgan fingerprint density at radius 1 is 1.11 bits per heavy atom. The van der Waals surface area contributed by atoms with Gasteiger partial charge in [-0.1, -0.05) is 33.1 Å². The molecular weight excluding hydrogens is 220 g/mol. The molecule has 0 aromatic carbocycles. The summed E-state index contributed by atoms with van der Waals surface area (Å²) in [5.74, 6) is 0.730. The van der Waals surface area contributed by atoms with Crippen molar-refractivity contribution in [3.05, 3.63) is 0 Å². The average Bonchev–Trinajstić information content (AvgIpc) is 2.33. The third-order valence-electron chi connectivity index (χ3n) is 5.30. The van der Waals surface area contributed by atoms with E-state index in [0.29, 0.717) is 11.5 Å². The van der Waals surface area contributed by atoms with E-state index in [1.54, 1.807) is 0 Å². The lowest BCUT2D eigenvalue weighted by Gasteiger charge is -2.54. The minimum absolute atomic E-state index is 0.657. The van der Waals surface area contributed by atoms with Crippen molar-refractivity contribution in [2.24, 2.45) is 11.3 Å². The molecule has 0 aliphatic heterocycles. The normalized spacial score (nSPS) is 28.7. The number of likely N-dealkylation sites (N-methyl/N-ethyl adjacent to an activating group) is 1. The van der Waals surface area contributed by atoms with Crippen molar-refractivity contribution < 1.29 is 0 Å². The standard InChI is InChI=1S/C16H32N2/c1-13(2)14(12-18(3)4)17-15-8-11-16(15)9-6-5-7-10-16/h13-15,17H,5-12H2,1-4H3. The lowest BCUT2D eigenvalue weighted by Crippen LogP contribution is -2.59. The molecule has 0 aromatic heterocycles. The maximum absolute atomic E-state index is 4.00. The Labute approximate surface area is 114 Å². The number of nitrogens with one attached hydrogen (secondary N) is 1. The Hall–Kier alpha value is -0.0800. The zero-order valence-electron chi connectivity index (χ0n) is 12.8. The van der Waals surface area contributed by atoms with Crippen LogP contribution in [0.2, 0.25) is 0 Å². The van der Waals surface area contributed by atoms with Crippen LogP contribution in [0.15, 0.2) is 0 Å². The second-order valence-electron chi connectivity index (χ2n) is 7.29. The molecule has 106 valence electrons. The van der Waals surface area contributed by atoms with Crippen LogP contribution in [0.3, 0.4) is 0 Å². The van der Waals surface area contributed by atoms with Gasteiger partial charge in [-0.25, -0.2) is 0 Å². The maximum atomic E-state index is 4.00. The first kappa shape index (κ1) is 14.3. The number of rotatable bonds is 5. The number of nitrogens with zero attached hydrogens (tertiary/aromatic N) is 1. The van der Waals surface area contributed by atoms with Crippen LogP contribution in [-0.2, 0) is 0 Å². The monoisotopic (exact) mass is 252 g/mol. The molecular formula is C16H32N2. The molecule has 2 atom stereocenters. The summed E-state index contributed by atoms with van der Waals surface area (Å²) in [6.45, 7) is 5.88. The summed E-state index contributed by atoms with van der Waals surface area (Å²) in [4.78, 5) is 2.32. The van der Waals surface area contributed by atoms with Crippen LogP contribution in [0, 0.1) is 11.3 Å². The molecule has 18 heavy (non-hydrogen) atoms. The van der Waals surface area contributed by atoms with E-state index in [-0.39, 0.29) is 0 Å². The first-order chi connectivity index (χ1) is 8.53. The van der Waals surface area contributed by atoms with E-state index >= 15 is 0 Å². The number of hydrogen-bond donors (Lipinski definition) is 1. The quantitative estimate of drug-likeness (QED) is 0.808. The van der Waals surface area contributed by atoms with Gasteiger partial charge < -0.3 is 10.2 Å². The van der Waals surface area contributed by atoms with E-state index in [4.69, 9.17) is 0 Å². The van der Waals surface area contributed by atoms with Crippen molar-refractivity contribution in [2.45, 2.75) is 70.9 Å². The van der Waals surface area contributed by atoms with Crippen molar-refractivity contribution >= 4 is 0 Å². The highest BCUT2D eigenvalue weighted by Gasteiger charge is 2.47. The smallest absolute Gasteiger partial charge is 0.0220 e. The Balaban J connectivity index is 1.90. The molecule has 0 saturated heterocycles. The Kier molecular flexibility index (Phi) is 4.71. The molecule has 1 N–H and O–H groups in total. The molecule has 0 radical (unpaired) electrons. The highest BCUT2D eigenvalue weighted by molar-refractivity contribution is 5.02. The lowest BCUT2D eigenvalue weighted by molar-refractivity contribution is 0.0108.